The highest BCUT2D eigenvalue weighted by molar-refractivity contribution is 6.35. The highest BCUT2D eigenvalue weighted by atomic mass is 35.5. The first-order valence-electron chi connectivity index (χ1n) is 6.93. The third kappa shape index (κ3) is 4.86. The fourth-order valence-corrected chi connectivity index (χ4v) is 2.29. The van der Waals surface area contributed by atoms with Crippen LogP contribution in [0.4, 0.5) is 11.6 Å². The van der Waals surface area contributed by atoms with Gasteiger partial charge in [0.25, 0.3) is 5.91 Å². The van der Waals surface area contributed by atoms with Crippen molar-refractivity contribution in [3.05, 3.63) is 46.2 Å². The Balaban J connectivity index is 2.07. The smallest absolute Gasteiger partial charge is 0.274 e. The minimum absolute atomic E-state index is 0.269. The first kappa shape index (κ1) is 16.5. The quantitative estimate of drug-likeness (QED) is 0.772. The summed E-state index contributed by atoms with van der Waals surface area (Å²) in [6.45, 7) is 2.87. The number of carbonyl (C=O) groups is 1. The van der Waals surface area contributed by atoms with Crippen molar-refractivity contribution >= 4 is 40.7 Å². The van der Waals surface area contributed by atoms with Crippen molar-refractivity contribution in [3.63, 3.8) is 0 Å². The third-order valence-corrected chi connectivity index (χ3v) is 3.26. The Labute approximate surface area is 139 Å². The Hall–Kier alpha value is -1.85. The Morgan fingerprint density at radius 3 is 2.64 bits per heavy atom. The largest absolute Gasteiger partial charge is 0.354 e. The highest BCUT2D eigenvalue weighted by Gasteiger charge is 2.10. The monoisotopic (exact) mass is 338 g/mol. The maximum Gasteiger partial charge on any atom is 0.274 e. The van der Waals surface area contributed by atoms with Gasteiger partial charge in [-0.25, -0.2) is 9.97 Å². The number of hydrogen-bond donors (Lipinski definition) is 2. The van der Waals surface area contributed by atoms with E-state index in [0.29, 0.717) is 21.7 Å². The summed E-state index contributed by atoms with van der Waals surface area (Å²) < 4.78 is 0. The molecule has 0 aliphatic heterocycles. The second kappa shape index (κ2) is 7.96. The van der Waals surface area contributed by atoms with E-state index in [1.54, 1.807) is 30.5 Å². The molecule has 1 amide bonds. The number of halogens is 2. The van der Waals surface area contributed by atoms with Gasteiger partial charge in [-0.15, -0.1) is 0 Å². The van der Waals surface area contributed by atoms with Crippen LogP contribution in [0.1, 0.15) is 30.3 Å². The molecule has 116 valence electrons. The van der Waals surface area contributed by atoms with Crippen LogP contribution in [0, 0.1) is 0 Å². The first-order chi connectivity index (χ1) is 10.6. The summed E-state index contributed by atoms with van der Waals surface area (Å²) >= 11 is 11.8. The Morgan fingerprint density at radius 2 is 1.95 bits per heavy atom. The lowest BCUT2D eigenvalue weighted by Crippen LogP contribution is -2.15. The van der Waals surface area contributed by atoms with Crippen LogP contribution in [0.5, 0.6) is 0 Å². The molecule has 0 spiro atoms. The fourth-order valence-electron chi connectivity index (χ4n) is 1.77. The molecule has 0 atom stereocenters. The zero-order valence-electron chi connectivity index (χ0n) is 12.1. The molecule has 0 aliphatic rings. The Morgan fingerprint density at radius 1 is 1.23 bits per heavy atom. The van der Waals surface area contributed by atoms with Crippen LogP contribution in [0.25, 0.3) is 0 Å². The molecule has 1 aromatic carbocycles. The van der Waals surface area contributed by atoms with Gasteiger partial charge in [0.05, 0.1) is 0 Å². The van der Waals surface area contributed by atoms with Gasteiger partial charge >= 0.3 is 0 Å². The summed E-state index contributed by atoms with van der Waals surface area (Å²) in [5, 5.41) is 6.69. The second-order valence-electron chi connectivity index (χ2n) is 4.66. The van der Waals surface area contributed by atoms with E-state index in [1.165, 1.54) is 0 Å². The van der Waals surface area contributed by atoms with Gasteiger partial charge in [-0.2, -0.15) is 0 Å². The molecule has 0 saturated carbocycles. The highest BCUT2D eigenvalue weighted by Crippen LogP contribution is 2.22. The molecule has 1 aromatic heterocycles. The van der Waals surface area contributed by atoms with E-state index < -0.39 is 0 Å². The van der Waals surface area contributed by atoms with E-state index in [-0.39, 0.29) is 11.6 Å². The molecule has 2 N–H and O–H groups in total. The van der Waals surface area contributed by atoms with Gasteiger partial charge in [0.1, 0.15) is 5.69 Å². The lowest BCUT2D eigenvalue weighted by atomic mass is 10.3. The molecule has 0 saturated heterocycles. The molecule has 2 rings (SSSR count). The van der Waals surface area contributed by atoms with Crippen molar-refractivity contribution in [3.8, 4) is 0 Å². The molecule has 22 heavy (non-hydrogen) atoms. The maximum absolute atomic E-state index is 12.2. The summed E-state index contributed by atoms with van der Waals surface area (Å²) in [6.07, 6.45) is 3.63. The number of aromatic nitrogens is 2. The normalized spacial score (nSPS) is 10.3. The predicted molar refractivity (Wildman–Crippen MR) is 89.8 cm³/mol. The molecular weight excluding hydrogens is 323 g/mol. The molecule has 7 heteroatoms. The van der Waals surface area contributed by atoms with Crippen LogP contribution in [0.15, 0.2) is 30.5 Å². The van der Waals surface area contributed by atoms with Gasteiger partial charge in [-0.1, -0.05) is 36.5 Å². The lowest BCUT2D eigenvalue weighted by Gasteiger charge is -2.08. The molecule has 1 heterocycles. The number of amides is 1. The van der Waals surface area contributed by atoms with Crippen LogP contribution in [-0.2, 0) is 0 Å². The van der Waals surface area contributed by atoms with E-state index in [4.69, 9.17) is 23.2 Å². The van der Waals surface area contributed by atoms with E-state index >= 15 is 0 Å². The lowest BCUT2D eigenvalue weighted by molar-refractivity contribution is 0.102. The number of hydrogen-bond acceptors (Lipinski definition) is 4. The number of anilines is 2. The standard InChI is InChI=1S/C15H16Cl2N4O/c1-2-3-5-18-15-19-6-4-13(21-15)14(22)20-12-8-10(16)7-11(17)9-12/h4,6-9H,2-3,5H2,1H3,(H,20,22)(H,18,19,21). The number of nitrogens with one attached hydrogen (secondary N) is 2. The van der Waals surface area contributed by atoms with Gasteiger partial charge in [0.15, 0.2) is 0 Å². The van der Waals surface area contributed by atoms with Crippen LogP contribution in [0.3, 0.4) is 0 Å². The second-order valence-corrected chi connectivity index (χ2v) is 5.53. The van der Waals surface area contributed by atoms with E-state index in [1.807, 2.05) is 0 Å². The topological polar surface area (TPSA) is 66.9 Å². The minimum Gasteiger partial charge on any atom is -0.354 e. The summed E-state index contributed by atoms with van der Waals surface area (Å²) in [5.74, 6) is 0.0875. The van der Waals surface area contributed by atoms with Crippen molar-refractivity contribution < 1.29 is 4.79 Å². The number of carbonyl (C=O) groups excluding carboxylic acids is 1. The van der Waals surface area contributed by atoms with Crippen LogP contribution >= 0.6 is 23.2 Å². The van der Waals surface area contributed by atoms with Crippen molar-refractivity contribution in [1.29, 1.82) is 0 Å². The van der Waals surface area contributed by atoms with Crippen molar-refractivity contribution in [1.82, 2.24) is 9.97 Å². The van der Waals surface area contributed by atoms with Crippen molar-refractivity contribution in [2.24, 2.45) is 0 Å². The van der Waals surface area contributed by atoms with Gasteiger partial charge in [-0.05, 0) is 30.7 Å². The Bertz CT molecular complexity index is 643. The predicted octanol–water partition coefficient (Wildman–Crippen LogP) is 4.25. The first-order valence-corrected chi connectivity index (χ1v) is 7.68. The third-order valence-electron chi connectivity index (χ3n) is 2.82. The van der Waals surface area contributed by atoms with E-state index in [2.05, 4.69) is 27.5 Å². The summed E-state index contributed by atoms with van der Waals surface area (Å²) in [4.78, 5) is 20.5. The molecule has 0 unspecified atom stereocenters. The van der Waals surface area contributed by atoms with Gasteiger partial charge in [0, 0.05) is 28.5 Å². The fraction of sp³-hybridized carbons (Fsp3) is 0.267. The van der Waals surface area contributed by atoms with Gasteiger partial charge < -0.3 is 10.6 Å². The van der Waals surface area contributed by atoms with Crippen molar-refractivity contribution in [2.75, 3.05) is 17.2 Å². The number of benzene rings is 1. The molecule has 2 aromatic rings. The SMILES string of the molecule is CCCCNc1nccc(C(=O)Nc2cc(Cl)cc(Cl)c2)n1. The minimum atomic E-state index is -0.348. The van der Waals surface area contributed by atoms with Crippen molar-refractivity contribution in [2.45, 2.75) is 19.8 Å². The zero-order chi connectivity index (χ0) is 15.9. The number of nitrogens with zero attached hydrogens (tertiary/aromatic N) is 2. The number of unbranched alkanes of at least 4 members (excludes halogenated alkanes) is 1. The molecule has 0 fully saturated rings. The molecular formula is C15H16Cl2N4O. The molecule has 0 radical (unpaired) electrons. The summed E-state index contributed by atoms with van der Waals surface area (Å²) in [7, 11) is 0. The maximum atomic E-state index is 12.2. The molecule has 0 aliphatic carbocycles. The average molecular weight is 339 g/mol. The molecule has 0 bridgehead atoms. The van der Waals surface area contributed by atoms with Gasteiger partial charge in [-0.3, -0.25) is 4.79 Å². The number of rotatable bonds is 6. The van der Waals surface area contributed by atoms with Gasteiger partial charge in [0.2, 0.25) is 5.95 Å². The zero-order valence-corrected chi connectivity index (χ0v) is 13.6. The van der Waals surface area contributed by atoms with Crippen LogP contribution in [0.2, 0.25) is 10.0 Å². The molecule has 5 nitrogen and oxygen atoms in total. The van der Waals surface area contributed by atoms with Crippen LogP contribution in [-0.4, -0.2) is 22.4 Å². The van der Waals surface area contributed by atoms with E-state index in [0.717, 1.165) is 19.4 Å². The summed E-state index contributed by atoms with van der Waals surface area (Å²) in [5.41, 5.74) is 0.784. The average Bonchev–Trinajstić information content (AvgIpc) is 2.47. The van der Waals surface area contributed by atoms with Crippen LogP contribution < -0.4 is 10.6 Å². The van der Waals surface area contributed by atoms with E-state index in [9.17, 15) is 4.79 Å². The summed E-state index contributed by atoms with van der Waals surface area (Å²) in [6, 6.07) is 6.38. The Kier molecular flexibility index (Phi) is 5.98.